The average Bonchev–Trinajstić information content (AvgIpc) is 3.42. The van der Waals surface area contributed by atoms with E-state index in [-0.39, 0.29) is 17.7 Å². The van der Waals surface area contributed by atoms with Gasteiger partial charge in [0.1, 0.15) is 17.2 Å². The molecule has 8 nitrogen and oxygen atoms in total. The second-order valence-electron chi connectivity index (χ2n) is 12.4. The van der Waals surface area contributed by atoms with Gasteiger partial charge in [0.25, 0.3) is 11.8 Å². The molecule has 2 heterocycles. The van der Waals surface area contributed by atoms with E-state index in [0.29, 0.717) is 18.2 Å². The van der Waals surface area contributed by atoms with E-state index in [9.17, 15) is 50.6 Å². The highest BCUT2D eigenvalue weighted by molar-refractivity contribution is 14.1. The van der Waals surface area contributed by atoms with Crippen LogP contribution in [0.1, 0.15) is 24.3 Å². The lowest BCUT2D eigenvalue weighted by molar-refractivity contribution is -0.274. The fourth-order valence-electron chi connectivity index (χ4n) is 7.72. The smallest absolute Gasteiger partial charge is 0.508 e. The Morgan fingerprint density at radius 2 is 1.40 bits per heavy atom. The molecule has 1 saturated carbocycles. The first-order valence-corrected chi connectivity index (χ1v) is 16.8. The van der Waals surface area contributed by atoms with Crippen molar-refractivity contribution in [3.8, 4) is 11.5 Å². The number of allylic oxidation sites excluding steroid dienone is 2. The molecule has 272 valence electrons. The molecular formula is C33H17Cl2F8IN2O6. The first kappa shape index (κ1) is 36.4. The maximum atomic E-state index is 15.2. The number of fused-ring (bicyclic) bond motifs is 4. The lowest BCUT2D eigenvalue weighted by atomic mass is 9.56. The van der Waals surface area contributed by atoms with Crippen molar-refractivity contribution in [2.45, 2.75) is 34.9 Å². The van der Waals surface area contributed by atoms with Gasteiger partial charge >= 0.3 is 6.36 Å². The fraction of sp³-hybridized carbons (Fsp3) is 0.273. The normalized spacial score (nSPS) is 28.6. The number of anilines is 2. The number of hydrogen-bond acceptors (Lipinski definition) is 6. The Morgan fingerprint density at radius 1 is 0.808 bits per heavy atom. The van der Waals surface area contributed by atoms with Gasteiger partial charge < -0.3 is 9.84 Å². The van der Waals surface area contributed by atoms with Gasteiger partial charge in [-0.1, -0.05) is 11.6 Å². The monoisotopic (exact) mass is 886 g/mol. The summed E-state index contributed by atoms with van der Waals surface area (Å²) in [5.41, 5.74) is -2.60. The third-order valence-corrected chi connectivity index (χ3v) is 12.0. The van der Waals surface area contributed by atoms with E-state index in [0.717, 1.165) is 8.47 Å². The zero-order valence-corrected chi connectivity index (χ0v) is 29.1. The number of phenolic OH excluding ortho intramolecular Hbond substituents is 1. The molecule has 0 unspecified atom stereocenters. The number of aromatic hydroxyl groups is 1. The average molecular weight is 887 g/mol. The minimum absolute atomic E-state index is 0.0852. The van der Waals surface area contributed by atoms with Crippen molar-refractivity contribution in [2.75, 3.05) is 9.80 Å². The molecule has 4 aliphatic rings. The number of carbonyl (C=O) groups is 4. The first-order chi connectivity index (χ1) is 24.2. The van der Waals surface area contributed by atoms with Crippen LogP contribution in [0.2, 0.25) is 0 Å². The summed E-state index contributed by atoms with van der Waals surface area (Å²) in [7, 11) is 0. The van der Waals surface area contributed by atoms with E-state index in [2.05, 4.69) is 4.74 Å². The third-order valence-electron chi connectivity index (χ3n) is 9.85. The predicted molar refractivity (Wildman–Crippen MR) is 173 cm³/mol. The highest BCUT2D eigenvalue weighted by Crippen LogP contribution is 2.67. The van der Waals surface area contributed by atoms with E-state index in [1.807, 2.05) is 22.6 Å². The van der Waals surface area contributed by atoms with Gasteiger partial charge in [-0.3, -0.25) is 24.1 Å². The molecule has 0 radical (unpaired) electrons. The van der Waals surface area contributed by atoms with E-state index in [1.54, 1.807) is 12.1 Å². The summed E-state index contributed by atoms with van der Waals surface area (Å²) in [6, 6.07) is 8.22. The molecule has 19 heteroatoms. The number of hydrogen-bond donors (Lipinski definition) is 1. The number of ether oxygens (including phenoxy) is 1. The number of nitrogens with zero attached hydrogens (tertiary/aromatic N) is 2. The summed E-state index contributed by atoms with van der Waals surface area (Å²) in [5.74, 6) is -25.8. The first-order valence-electron chi connectivity index (χ1n) is 14.9. The molecule has 2 saturated heterocycles. The molecule has 1 N–H and O–H groups in total. The van der Waals surface area contributed by atoms with E-state index in [1.165, 1.54) is 18.2 Å². The number of phenols is 1. The minimum Gasteiger partial charge on any atom is -0.508 e. The molecule has 3 aromatic rings. The van der Waals surface area contributed by atoms with Crippen molar-refractivity contribution < 1.29 is 64.1 Å². The van der Waals surface area contributed by atoms with Crippen molar-refractivity contribution in [1.82, 2.24) is 0 Å². The van der Waals surface area contributed by atoms with Gasteiger partial charge in [0.05, 0.1) is 17.5 Å². The second-order valence-corrected chi connectivity index (χ2v) is 14.9. The molecule has 6 atom stereocenters. The zero-order valence-electron chi connectivity index (χ0n) is 25.4. The van der Waals surface area contributed by atoms with E-state index in [4.69, 9.17) is 23.2 Å². The van der Waals surface area contributed by atoms with Crippen molar-refractivity contribution in [1.29, 1.82) is 0 Å². The van der Waals surface area contributed by atoms with Crippen LogP contribution in [0.4, 0.5) is 46.5 Å². The van der Waals surface area contributed by atoms with Crippen molar-refractivity contribution in [2.24, 2.45) is 17.8 Å². The molecule has 0 aromatic heterocycles. The molecule has 0 bridgehead atoms. The van der Waals surface area contributed by atoms with Crippen LogP contribution in [-0.2, 0) is 19.2 Å². The van der Waals surface area contributed by atoms with E-state index < -0.39 is 127 Å². The number of imide groups is 2. The van der Waals surface area contributed by atoms with Crippen molar-refractivity contribution in [3.05, 3.63) is 92.3 Å². The summed E-state index contributed by atoms with van der Waals surface area (Å²) in [6.07, 6.45) is -5.04. The van der Waals surface area contributed by atoms with Gasteiger partial charge in [0.2, 0.25) is 17.6 Å². The number of halogens is 11. The molecular weight excluding hydrogens is 870 g/mol. The fourth-order valence-corrected chi connectivity index (χ4v) is 9.00. The van der Waals surface area contributed by atoms with Crippen LogP contribution in [-0.4, -0.2) is 44.8 Å². The molecule has 7 rings (SSSR count). The van der Waals surface area contributed by atoms with Crippen molar-refractivity contribution in [3.63, 3.8) is 0 Å². The van der Waals surface area contributed by atoms with Crippen LogP contribution in [0.25, 0.3) is 0 Å². The van der Waals surface area contributed by atoms with Gasteiger partial charge in [-0.2, -0.15) is 0 Å². The Bertz CT molecular complexity index is 2140. The lowest BCUT2D eigenvalue weighted by Crippen LogP contribution is -2.60. The molecule has 2 aliphatic heterocycles. The maximum Gasteiger partial charge on any atom is 0.573 e. The topological polar surface area (TPSA) is 104 Å². The second kappa shape index (κ2) is 12.0. The lowest BCUT2D eigenvalue weighted by Gasteiger charge is -2.50. The Hall–Kier alpha value is -3.97. The Balaban J connectivity index is 1.45. The van der Waals surface area contributed by atoms with E-state index >= 15 is 8.78 Å². The Labute approximate surface area is 310 Å². The minimum atomic E-state index is -5.28. The van der Waals surface area contributed by atoms with Crippen LogP contribution in [0.5, 0.6) is 11.5 Å². The van der Waals surface area contributed by atoms with Crippen LogP contribution < -0.4 is 14.5 Å². The molecule has 3 aromatic carbocycles. The number of rotatable bonds is 4. The highest BCUT2D eigenvalue weighted by Gasteiger charge is 2.77. The zero-order chi connectivity index (χ0) is 38.0. The summed E-state index contributed by atoms with van der Waals surface area (Å²) in [5, 5.41) is 11.0. The molecule has 3 fully saturated rings. The number of carbonyl (C=O) groups excluding carboxylic acids is 4. The number of benzene rings is 3. The van der Waals surface area contributed by atoms with Crippen LogP contribution in [0.15, 0.2) is 54.1 Å². The van der Waals surface area contributed by atoms with Gasteiger partial charge in [0, 0.05) is 15.1 Å². The molecule has 0 spiro atoms. The van der Waals surface area contributed by atoms with Crippen LogP contribution in [0.3, 0.4) is 0 Å². The Morgan fingerprint density at radius 3 is 2.00 bits per heavy atom. The summed E-state index contributed by atoms with van der Waals surface area (Å²) < 4.78 is 118. The molecule has 52 heavy (non-hydrogen) atoms. The van der Waals surface area contributed by atoms with Crippen LogP contribution in [0, 0.1) is 50.4 Å². The summed E-state index contributed by atoms with van der Waals surface area (Å²) in [6.45, 7) is 0. The van der Waals surface area contributed by atoms with Gasteiger partial charge in [0.15, 0.2) is 33.0 Å². The largest absolute Gasteiger partial charge is 0.573 e. The summed E-state index contributed by atoms with van der Waals surface area (Å²) >= 11 is 16.0. The third kappa shape index (κ3) is 4.97. The summed E-state index contributed by atoms with van der Waals surface area (Å²) in [4.78, 5) is 50.9. The molecule has 4 amide bonds. The van der Waals surface area contributed by atoms with Gasteiger partial charge in [-0.05, 0) is 83.8 Å². The maximum absolute atomic E-state index is 15.2. The quantitative estimate of drug-likeness (QED) is 0.0559. The predicted octanol–water partition coefficient (Wildman–Crippen LogP) is 7.36. The number of alkyl halides is 5. The van der Waals surface area contributed by atoms with Gasteiger partial charge in [-0.25, -0.2) is 26.9 Å². The van der Waals surface area contributed by atoms with Gasteiger partial charge in [-0.15, -0.1) is 36.4 Å². The molecule has 2 aliphatic carbocycles. The number of amides is 4. The SMILES string of the molecule is O=C1[C@H]2[C@H](CC=C3[C@H]2C[C@@]2(Cl)C(=O)N(c4c(F)c(F)c(F)c(F)c4F)C(=O)[C@@]2(Cl)[C@H]3c2cc(OC(F)(F)F)ccc2O)C(=O)N1c1ccc(I)cc1. The standard InChI is InChI=1S/C33H17Cl2F8IN2O6/c34-31-10-17-14(6-7-15-19(17)28(49)45(27(15)48)12-3-1-11(44)2-4-12)20(16-9-13(5-8-18(16)47)52-33(41,42)43)32(31,35)30(51)46(29(31)50)26-24(39)22(37)21(36)23(38)25(26)40/h1-6,8-9,15,17,19-20,47H,7,10H2/t15-,17+,19-,20+,31+,32-/m0/s1. The Kier molecular flexibility index (Phi) is 8.42. The van der Waals surface area contributed by atoms with Crippen molar-refractivity contribution >= 4 is 80.8 Å². The van der Waals surface area contributed by atoms with Crippen LogP contribution >= 0.6 is 45.8 Å². The highest BCUT2D eigenvalue weighted by atomic mass is 127.